The number of carbonyl (C=O) groups excluding carboxylic acids is 1. The Hall–Kier alpha value is -1.94. The Kier molecular flexibility index (Phi) is 4.12. The lowest BCUT2D eigenvalue weighted by Crippen LogP contribution is -2.04. The van der Waals surface area contributed by atoms with Crippen LogP contribution >= 0.6 is 11.6 Å². The fraction of sp³-hybridized carbons (Fsp3) is 0.143. The van der Waals surface area contributed by atoms with E-state index >= 15 is 0 Å². The second-order valence-corrected chi connectivity index (χ2v) is 4.31. The summed E-state index contributed by atoms with van der Waals surface area (Å²) in [5.41, 5.74) is 1.62. The molecule has 0 bridgehead atoms. The maximum absolute atomic E-state index is 13.5. The summed E-state index contributed by atoms with van der Waals surface area (Å²) >= 11 is 6.08. The molecule has 0 radical (unpaired) electrons. The van der Waals surface area contributed by atoms with E-state index in [0.29, 0.717) is 21.7 Å². The quantitative estimate of drug-likeness (QED) is 0.639. The normalized spacial score (nSPS) is 10.3. The second-order valence-electron chi connectivity index (χ2n) is 3.90. The zero-order chi connectivity index (χ0) is 13.8. The SMILES string of the molecule is COC(=O)Cc1ccc(-c2cccnc2F)cc1Cl. The van der Waals surface area contributed by atoms with Crippen molar-refractivity contribution in [3.8, 4) is 11.1 Å². The number of pyridine rings is 1. The zero-order valence-electron chi connectivity index (χ0n) is 10.2. The molecule has 0 aliphatic carbocycles. The van der Waals surface area contributed by atoms with Crippen molar-refractivity contribution in [3.05, 3.63) is 53.1 Å². The number of nitrogens with zero attached hydrogens (tertiary/aromatic N) is 1. The smallest absolute Gasteiger partial charge is 0.310 e. The molecule has 1 heterocycles. The van der Waals surface area contributed by atoms with E-state index < -0.39 is 5.95 Å². The molecule has 1 aromatic heterocycles. The first-order chi connectivity index (χ1) is 9.11. The maximum Gasteiger partial charge on any atom is 0.310 e. The molecule has 19 heavy (non-hydrogen) atoms. The Morgan fingerprint density at radius 2 is 2.21 bits per heavy atom. The Bertz CT molecular complexity index is 616. The Morgan fingerprint density at radius 3 is 2.84 bits per heavy atom. The van der Waals surface area contributed by atoms with Crippen molar-refractivity contribution in [2.45, 2.75) is 6.42 Å². The zero-order valence-corrected chi connectivity index (χ0v) is 10.9. The fourth-order valence-electron chi connectivity index (χ4n) is 1.69. The second kappa shape index (κ2) is 5.80. The first-order valence-corrected chi connectivity index (χ1v) is 5.95. The lowest BCUT2D eigenvalue weighted by molar-refractivity contribution is -0.139. The van der Waals surface area contributed by atoms with Crippen LogP contribution in [-0.2, 0) is 16.0 Å². The van der Waals surface area contributed by atoms with Crippen molar-refractivity contribution < 1.29 is 13.9 Å². The van der Waals surface area contributed by atoms with Gasteiger partial charge in [-0.25, -0.2) is 4.98 Å². The van der Waals surface area contributed by atoms with Crippen LogP contribution < -0.4 is 0 Å². The fourth-order valence-corrected chi connectivity index (χ4v) is 1.93. The number of carbonyl (C=O) groups is 1. The topological polar surface area (TPSA) is 39.2 Å². The predicted molar refractivity (Wildman–Crippen MR) is 70.4 cm³/mol. The Morgan fingerprint density at radius 1 is 1.42 bits per heavy atom. The molecule has 0 saturated heterocycles. The first-order valence-electron chi connectivity index (χ1n) is 5.58. The van der Waals surface area contributed by atoms with E-state index in [0.717, 1.165) is 0 Å². The third-order valence-corrected chi connectivity index (χ3v) is 3.04. The van der Waals surface area contributed by atoms with Gasteiger partial charge in [-0.3, -0.25) is 4.79 Å². The highest BCUT2D eigenvalue weighted by Crippen LogP contribution is 2.27. The average Bonchev–Trinajstić information content (AvgIpc) is 2.41. The minimum atomic E-state index is -0.556. The summed E-state index contributed by atoms with van der Waals surface area (Å²) in [4.78, 5) is 14.8. The van der Waals surface area contributed by atoms with E-state index in [2.05, 4.69) is 9.72 Å². The van der Waals surface area contributed by atoms with Crippen LogP contribution in [0.25, 0.3) is 11.1 Å². The number of methoxy groups -OCH3 is 1. The largest absolute Gasteiger partial charge is 0.469 e. The molecule has 0 spiro atoms. The number of rotatable bonds is 3. The standard InChI is InChI=1S/C14H11ClFNO2/c1-19-13(18)8-10-5-4-9(7-12(10)15)11-3-2-6-17-14(11)16/h2-7H,8H2,1H3. The highest BCUT2D eigenvalue weighted by molar-refractivity contribution is 6.31. The van der Waals surface area contributed by atoms with E-state index in [9.17, 15) is 9.18 Å². The van der Waals surface area contributed by atoms with Crippen LogP contribution in [0.4, 0.5) is 4.39 Å². The summed E-state index contributed by atoms with van der Waals surface area (Å²) in [6, 6.07) is 8.26. The molecule has 0 saturated carbocycles. The van der Waals surface area contributed by atoms with Gasteiger partial charge in [-0.2, -0.15) is 4.39 Å². The van der Waals surface area contributed by atoms with Crippen molar-refractivity contribution in [2.24, 2.45) is 0 Å². The van der Waals surface area contributed by atoms with Crippen molar-refractivity contribution in [1.29, 1.82) is 0 Å². The van der Waals surface area contributed by atoms with Gasteiger partial charge in [0, 0.05) is 16.8 Å². The number of hydrogen-bond acceptors (Lipinski definition) is 3. The lowest BCUT2D eigenvalue weighted by atomic mass is 10.0. The number of halogens is 2. The van der Waals surface area contributed by atoms with E-state index in [1.54, 1.807) is 30.3 Å². The van der Waals surface area contributed by atoms with Gasteiger partial charge >= 0.3 is 5.97 Å². The summed E-state index contributed by atoms with van der Waals surface area (Å²) in [5.74, 6) is -0.929. The third-order valence-electron chi connectivity index (χ3n) is 2.69. The summed E-state index contributed by atoms with van der Waals surface area (Å²) in [5, 5.41) is 0.395. The van der Waals surface area contributed by atoms with Crippen LogP contribution in [0.3, 0.4) is 0 Å². The number of benzene rings is 1. The van der Waals surface area contributed by atoms with Crippen LogP contribution in [0.1, 0.15) is 5.56 Å². The van der Waals surface area contributed by atoms with Gasteiger partial charge in [-0.05, 0) is 29.3 Å². The van der Waals surface area contributed by atoms with E-state index in [1.807, 2.05) is 0 Å². The molecule has 0 fully saturated rings. The minimum Gasteiger partial charge on any atom is -0.469 e. The van der Waals surface area contributed by atoms with Crippen molar-refractivity contribution in [3.63, 3.8) is 0 Å². The van der Waals surface area contributed by atoms with Gasteiger partial charge < -0.3 is 4.74 Å². The monoisotopic (exact) mass is 279 g/mol. The predicted octanol–water partition coefficient (Wildman–Crippen LogP) is 3.26. The maximum atomic E-state index is 13.5. The molecule has 0 amide bonds. The molecule has 2 rings (SSSR count). The Balaban J connectivity index is 2.34. The van der Waals surface area contributed by atoms with Gasteiger partial charge in [0.25, 0.3) is 0 Å². The summed E-state index contributed by atoms with van der Waals surface area (Å²) < 4.78 is 18.1. The van der Waals surface area contributed by atoms with Gasteiger partial charge in [0.05, 0.1) is 13.5 Å². The van der Waals surface area contributed by atoms with E-state index in [1.165, 1.54) is 13.3 Å². The lowest BCUT2D eigenvalue weighted by Gasteiger charge is -2.07. The summed E-state index contributed by atoms with van der Waals surface area (Å²) in [6.45, 7) is 0. The molecular formula is C14H11ClFNO2. The molecule has 1 aromatic carbocycles. The van der Waals surface area contributed by atoms with E-state index in [4.69, 9.17) is 11.6 Å². The highest BCUT2D eigenvalue weighted by Gasteiger charge is 2.10. The van der Waals surface area contributed by atoms with Crippen molar-refractivity contribution >= 4 is 17.6 Å². The van der Waals surface area contributed by atoms with E-state index in [-0.39, 0.29) is 12.4 Å². The van der Waals surface area contributed by atoms with Gasteiger partial charge in [-0.15, -0.1) is 0 Å². The molecule has 0 N–H and O–H groups in total. The number of ether oxygens (including phenoxy) is 1. The molecular weight excluding hydrogens is 269 g/mol. The van der Waals surface area contributed by atoms with Crippen molar-refractivity contribution in [2.75, 3.05) is 7.11 Å². The molecule has 0 aliphatic heterocycles. The molecule has 2 aromatic rings. The van der Waals surface area contributed by atoms with Gasteiger partial charge in [0.15, 0.2) is 0 Å². The first kappa shape index (κ1) is 13.5. The van der Waals surface area contributed by atoms with Crippen molar-refractivity contribution in [1.82, 2.24) is 4.98 Å². The summed E-state index contributed by atoms with van der Waals surface area (Å²) in [7, 11) is 1.32. The minimum absolute atomic E-state index is 0.0884. The molecule has 0 atom stereocenters. The average molecular weight is 280 g/mol. The number of esters is 1. The third kappa shape index (κ3) is 3.09. The van der Waals surface area contributed by atoms with Gasteiger partial charge in [0.2, 0.25) is 5.95 Å². The van der Waals surface area contributed by atoms with Gasteiger partial charge in [-0.1, -0.05) is 23.7 Å². The van der Waals surface area contributed by atoms with Gasteiger partial charge in [0.1, 0.15) is 0 Å². The van der Waals surface area contributed by atoms with Crippen LogP contribution in [0.2, 0.25) is 5.02 Å². The van der Waals surface area contributed by atoms with Crippen LogP contribution in [-0.4, -0.2) is 18.1 Å². The molecule has 3 nitrogen and oxygen atoms in total. The molecule has 0 aliphatic rings. The highest BCUT2D eigenvalue weighted by atomic mass is 35.5. The summed E-state index contributed by atoms with van der Waals surface area (Å²) in [6.07, 6.45) is 1.47. The van der Waals surface area contributed by atoms with Crippen LogP contribution in [0.15, 0.2) is 36.5 Å². The molecule has 98 valence electrons. The van der Waals surface area contributed by atoms with Crippen LogP contribution in [0.5, 0.6) is 0 Å². The Labute approximate surface area is 115 Å². The number of aromatic nitrogens is 1. The molecule has 0 unspecified atom stereocenters. The number of hydrogen-bond donors (Lipinski definition) is 0. The van der Waals surface area contributed by atoms with Crippen LogP contribution in [0, 0.1) is 5.95 Å². The molecule has 5 heteroatoms.